The number of carbonyl (C=O) groups excluding carboxylic acids is 1. The van der Waals surface area contributed by atoms with Gasteiger partial charge in [0.15, 0.2) is 6.29 Å². The predicted octanol–water partition coefficient (Wildman–Crippen LogP) is 2.72. The molecule has 0 aromatic heterocycles. The van der Waals surface area contributed by atoms with Crippen molar-refractivity contribution in [1.82, 2.24) is 0 Å². The summed E-state index contributed by atoms with van der Waals surface area (Å²) in [5, 5.41) is 8.64. The Bertz CT molecular complexity index is 364. The van der Waals surface area contributed by atoms with Crippen LogP contribution in [0.15, 0.2) is 16.6 Å². The number of unbranched alkanes of at least 4 members (excludes halogenated alkanes) is 1. The fourth-order valence-corrected chi connectivity index (χ4v) is 2.02. The SMILES string of the molecule is Cc1cc(Br)cc(C=O)c1OCCCCO. The van der Waals surface area contributed by atoms with E-state index in [1.165, 1.54) is 0 Å². The number of ether oxygens (including phenoxy) is 1. The molecule has 1 aromatic rings. The van der Waals surface area contributed by atoms with E-state index in [-0.39, 0.29) is 6.61 Å². The van der Waals surface area contributed by atoms with Crippen LogP contribution >= 0.6 is 15.9 Å². The molecule has 0 amide bonds. The van der Waals surface area contributed by atoms with E-state index in [4.69, 9.17) is 9.84 Å². The van der Waals surface area contributed by atoms with E-state index in [1.807, 2.05) is 13.0 Å². The second-order valence-corrected chi connectivity index (χ2v) is 4.45. The Morgan fingerprint density at radius 3 is 2.81 bits per heavy atom. The van der Waals surface area contributed by atoms with Crippen LogP contribution in [0.3, 0.4) is 0 Å². The molecule has 0 aliphatic rings. The van der Waals surface area contributed by atoms with Crippen LogP contribution in [0.25, 0.3) is 0 Å². The molecular formula is C12H15BrO3. The van der Waals surface area contributed by atoms with Gasteiger partial charge in [-0.3, -0.25) is 4.79 Å². The van der Waals surface area contributed by atoms with Gasteiger partial charge >= 0.3 is 0 Å². The highest BCUT2D eigenvalue weighted by molar-refractivity contribution is 9.10. The summed E-state index contributed by atoms with van der Waals surface area (Å²) in [6, 6.07) is 3.65. The summed E-state index contributed by atoms with van der Waals surface area (Å²) in [6.45, 7) is 2.59. The summed E-state index contributed by atoms with van der Waals surface area (Å²) in [7, 11) is 0. The van der Waals surface area contributed by atoms with Crippen LogP contribution in [-0.4, -0.2) is 24.6 Å². The number of aryl methyl sites for hydroxylation is 1. The van der Waals surface area contributed by atoms with Gasteiger partial charge < -0.3 is 9.84 Å². The van der Waals surface area contributed by atoms with E-state index in [2.05, 4.69) is 15.9 Å². The first kappa shape index (κ1) is 13.2. The minimum Gasteiger partial charge on any atom is -0.493 e. The molecule has 0 radical (unpaired) electrons. The number of hydrogen-bond donors (Lipinski definition) is 1. The Balaban J connectivity index is 2.74. The molecule has 0 unspecified atom stereocenters. The molecule has 4 heteroatoms. The first-order valence-corrected chi connectivity index (χ1v) is 5.97. The second-order valence-electron chi connectivity index (χ2n) is 3.54. The summed E-state index contributed by atoms with van der Waals surface area (Å²) in [5.74, 6) is 0.635. The molecule has 0 aliphatic heterocycles. The van der Waals surface area contributed by atoms with Gasteiger partial charge in [0.1, 0.15) is 5.75 Å². The average molecular weight is 287 g/mol. The maximum Gasteiger partial charge on any atom is 0.153 e. The lowest BCUT2D eigenvalue weighted by molar-refractivity contribution is 0.111. The standard InChI is InChI=1S/C12H15BrO3/c1-9-6-11(13)7-10(8-15)12(9)16-5-3-2-4-14/h6-8,14H,2-5H2,1H3. The zero-order valence-corrected chi connectivity index (χ0v) is 10.8. The first-order valence-electron chi connectivity index (χ1n) is 5.18. The smallest absolute Gasteiger partial charge is 0.153 e. The van der Waals surface area contributed by atoms with Gasteiger partial charge in [0.25, 0.3) is 0 Å². The fourth-order valence-electron chi connectivity index (χ4n) is 1.43. The van der Waals surface area contributed by atoms with Gasteiger partial charge in [-0.2, -0.15) is 0 Å². The van der Waals surface area contributed by atoms with Crippen molar-refractivity contribution in [1.29, 1.82) is 0 Å². The molecule has 16 heavy (non-hydrogen) atoms. The van der Waals surface area contributed by atoms with Gasteiger partial charge in [-0.25, -0.2) is 0 Å². The van der Waals surface area contributed by atoms with Gasteiger partial charge in [-0.05, 0) is 37.5 Å². The monoisotopic (exact) mass is 286 g/mol. The largest absolute Gasteiger partial charge is 0.493 e. The van der Waals surface area contributed by atoms with E-state index in [9.17, 15) is 4.79 Å². The Hall–Kier alpha value is -0.870. The maximum absolute atomic E-state index is 10.9. The molecule has 0 aliphatic carbocycles. The Labute approximate surface area is 104 Å². The number of hydrogen-bond acceptors (Lipinski definition) is 3. The van der Waals surface area contributed by atoms with Crippen molar-refractivity contribution in [2.75, 3.05) is 13.2 Å². The van der Waals surface area contributed by atoms with Crippen molar-refractivity contribution in [3.63, 3.8) is 0 Å². The number of aliphatic hydroxyl groups excluding tert-OH is 1. The van der Waals surface area contributed by atoms with Crippen molar-refractivity contribution < 1.29 is 14.6 Å². The molecule has 0 heterocycles. The number of rotatable bonds is 6. The van der Waals surface area contributed by atoms with Crippen LogP contribution in [0, 0.1) is 6.92 Å². The first-order chi connectivity index (χ1) is 7.69. The highest BCUT2D eigenvalue weighted by Gasteiger charge is 2.08. The zero-order chi connectivity index (χ0) is 12.0. The third-order valence-electron chi connectivity index (χ3n) is 2.19. The molecule has 1 aromatic carbocycles. The molecule has 0 atom stereocenters. The van der Waals surface area contributed by atoms with Crippen molar-refractivity contribution in [3.8, 4) is 5.75 Å². The minimum absolute atomic E-state index is 0.170. The van der Waals surface area contributed by atoms with Crippen molar-refractivity contribution in [3.05, 3.63) is 27.7 Å². The van der Waals surface area contributed by atoms with Crippen LogP contribution in [0.5, 0.6) is 5.75 Å². The maximum atomic E-state index is 10.9. The van der Waals surface area contributed by atoms with E-state index >= 15 is 0 Å². The molecule has 1 N–H and O–H groups in total. The van der Waals surface area contributed by atoms with Gasteiger partial charge in [0.2, 0.25) is 0 Å². The van der Waals surface area contributed by atoms with Gasteiger partial charge in [0.05, 0.1) is 12.2 Å². The van der Waals surface area contributed by atoms with Gasteiger partial charge in [0, 0.05) is 11.1 Å². The third-order valence-corrected chi connectivity index (χ3v) is 2.65. The molecule has 0 fully saturated rings. The topological polar surface area (TPSA) is 46.5 Å². The minimum atomic E-state index is 0.170. The van der Waals surface area contributed by atoms with Crippen LogP contribution in [0.4, 0.5) is 0 Å². The van der Waals surface area contributed by atoms with Crippen LogP contribution in [-0.2, 0) is 0 Å². The molecular weight excluding hydrogens is 272 g/mol. The van der Waals surface area contributed by atoms with E-state index in [1.54, 1.807) is 6.07 Å². The lowest BCUT2D eigenvalue weighted by Gasteiger charge is -2.11. The Morgan fingerprint density at radius 2 is 2.19 bits per heavy atom. The third kappa shape index (κ3) is 3.61. The zero-order valence-electron chi connectivity index (χ0n) is 9.20. The van der Waals surface area contributed by atoms with E-state index in [0.717, 1.165) is 22.7 Å². The summed E-state index contributed by atoms with van der Waals surface area (Å²) in [6.07, 6.45) is 2.29. The lowest BCUT2D eigenvalue weighted by atomic mass is 10.1. The average Bonchev–Trinajstić information content (AvgIpc) is 2.26. The predicted molar refractivity (Wildman–Crippen MR) is 66.1 cm³/mol. The molecule has 3 nitrogen and oxygen atoms in total. The summed E-state index contributed by atoms with van der Waals surface area (Å²) >= 11 is 3.33. The number of halogens is 1. The quantitative estimate of drug-likeness (QED) is 0.646. The lowest BCUT2D eigenvalue weighted by Crippen LogP contribution is -2.02. The van der Waals surface area contributed by atoms with E-state index < -0.39 is 0 Å². The van der Waals surface area contributed by atoms with Gasteiger partial charge in [-0.1, -0.05) is 15.9 Å². The van der Waals surface area contributed by atoms with Crippen LogP contribution < -0.4 is 4.74 Å². The number of aliphatic hydroxyl groups is 1. The highest BCUT2D eigenvalue weighted by Crippen LogP contribution is 2.26. The van der Waals surface area contributed by atoms with E-state index in [0.29, 0.717) is 24.3 Å². The molecule has 1 rings (SSSR count). The van der Waals surface area contributed by atoms with Crippen molar-refractivity contribution >= 4 is 22.2 Å². The number of carbonyl (C=O) groups is 1. The normalized spacial score (nSPS) is 10.2. The second kappa shape index (κ2) is 6.66. The molecule has 0 spiro atoms. The van der Waals surface area contributed by atoms with Crippen molar-refractivity contribution in [2.45, 2.75) is 19.8 Å². The Kier molecular flexibility index (Phi) is 5.49. The molecule has 0 saturated heterocycles. The summed E-state index contributed by atoms with van der Waals surface area (Å²) in [4.78, 5) is 10.9. The number of aldehydes is 1. The number of benzene rings is 1. The summed E-state index contributed by atoms with van der Waals surface area (Å²) in [5.41, 5.74) is 1.48. The van der Waals surface area contributed by atoms with Crippen LogP contribution in [0.1, 0.15) is 28.8 Å². The Morgan fingerprint density at radius 1 is 1.44 bits per heavy atom. The molecule has 88 valence electrons. The van der Waals surface area contributed by atoms with Crippen molar-refractivity contribution in [2.24, 2.45) is 0 Å². The molecule has 0 saturated carbocycles. The van der Waals surface area contributed by atoms with Gasteiger partial charge in [-0.15, -0.1) is 0 Å². The summed E-state index contributed by atoms with van der Waals surface area (Å²) < 4.78 is 6.42. The molecule has 0 bridgehead atoms. The fraction of sp³-hybridized carbons (Fsp3) is 0.417. The highest BCUT2D eigenvalue weighted by atomic mass is 79.9. The van der Waals surface area contributed by atoms with Crippen LogP contribution in [0.2, 0.25) is 0 Å².